The van der Waals surface area contributed by atoms with Crippen molar-refractivity contribution >= 4 is 10.9 Å². The normalized spacial score (nSPS) is 15.2. The topological polar surface area (TPSA) is 87.4 Å². The maximum atomic E-state index is 11.8. The number of aromatic amines is 2. The van der Waals surface area contributed by atoms with Gasteiger partial charge in [-0.2, -0.15) is 0 Å². The fourth-order valence-corrected chi connectivity index (χ4v) is 2.92. The molecule has 1 aromatic carbocycles. The highest BCUT2D eigenvalue weighted by Crippen LogP contribution is 2.30. The number of hydrogen-bond donors (Lipinski definition) is 2. The standard InChI is InChI=1S/C16H21N3O4/c1-22-13-9-11-12(17-16(21)18-15(11)20)10-14(13)23-8-4-7-19-5-2-3-6-19/h9-10H,2-8H2,1H3,(H2,17,18,20,21). The molecular formula is C16H21N3O4. The average molecular weight is 319 g/mol. The second-order valence-corrected chi connectivity index (χ2v) is 5.71. The van der Waals surface area contributed by atoms with Crippen molar-refractivity contribution in [2.24, 2.45) is 0 Å². The summed E-state index contributed by atoms with van der Waals surface area (Å²) in [5.41, 5.74) is -0.538. The van der Waals surface area contributed by atoms with Crippen molar-refractivity contribution in [2.75, 3.05) is 33.4 Å². The summed E-state index contributed by atoms with van der Waals surface area (Å²) in [6.07, 6.45) is 3.48. The van der Waals surface area contributed by atoms with Crippen molar-refractivity contribution in [2.45, 2.75) is 19.3 Å². The van der Waals surface area contributed by atoms with E-state index in [0.29, 0.717) is 29.0 Å². The van der Waals surface area contributed by atoms with Gasteiger partial charge in [0.25, 0.3) is 5.56 Å². The Kier molecular flexibility index (Phi) is 4.66. The molecule has 23 heavy (non-hydrogen) atoms. The van der Waals surface area contributed by atoms with Crippen LogP contribution in [-0.2, 0) is 0 Å². The van der Waals surface area contributed by atoms with E-state index in [1.54, 1.807) is 12.1 Å². The average Bonchev–Trinajstić information content (AvgIpc) is 3.04. The van der Waals surface area contributed by atoms with Crippen LogP contribution in [0.3, 0.4) is 0 Å². The van der Waals surface area contributed by atoms with Crippen molar-refractivity contribution in [3.05, 3.63) is 33.0 Å². The van der Waals surface area contributed by atoms with Crippen LogP contribution < -0.4 is 20.7 Å². The van der Waals surface area contributed by atoms with Crippen molar-refractivity contribution in [1.82, 2.24) is 14.9 Å². The van der Waals surface area contributed by atoms with Crippen LogP contribution in [0.15, 0.2) is 21.7 Å². The first kappa shape index (κ1) is 15.6. The fraction of sp³-hybridized carbons (Fsp3) is 0.500. The van der Waals surface area contributed by atoms with Crippen LogP contribution in [0.2, 0.25) is 0 Å². The minimum absolute atomic E-state index is 0.367. The Labute approximate surface area is 133 Å². The SMILES string of the molecule is COc1cc2c(=O)[nH]c(=O)[nH]c2cc1OCCCN1CCCC1. The van der Waals surface area contributed by atoms with Gasteiger partial charge in [0, 0.05) is 12.6 Å². The lowest BCUT2D eigenvalue weighted by Gasteiger charge is -2.15. The summed E-state index contributed by atoms with van der Waals surface area (Å²) in [6.45, 7) is 3.92. The molecule has 1 aliphatic rings. The van der Waals surface area contributed by atoms with Gasteiger partial charge in [0.05, 0.1) is 24.6 Å². The molecular weight excluding hydrogens is 298 g/mol. The summed E-state index contributed by atoms with van der Waals surface area (Å²) >= 11 is 0. The minimum atomic E-state index is -0.535. The molecule has 0 amide bonds. The first-order valence-electron chi connectivity index (χ1n) is 7.87. The van der Waals surface area contributed by atoms with Crippen LogP contribution in [0.25, 0.3) is 10.9 Å². The Balaban J connectivity index is 1.73. The molecule has 0 unspecified atom stereocenters. The summed E-state index contributed by atoms with van der Waals surface area (Å²) in [5.74, 6) is 1.01. The minimum Gasteiger partial charge on any atom is -0.493 e. The molecule has 7 heteroatoms. The number of methoxy groups -OCH3 is 1. The highest BCUT2D eigenvalue weighted by atomic mass is 16.5. The quantitative estimate of drug-likeness (QED) is 0.778. The van der Waals surface area contributed by atoms with Crippen LogP contribution >= 0.6 is 0 Å². The van der Waals surface area contributed by atoms with Crippen LogP contribution in [0.5, 0.6) is 11.5 Å². The maximum Gasteiger partial charge on any atom is 0.326 e. The van der Waals surface area contributed by atoms with E-state index in [0.717, 1.165) is 13.0 Å². The second kappa shape index (κ2) is 6.87. The van der Waals surface area contributed by atoms with Crippen LogP contribution in [-0.4, -0.2) is 48.2 Å². The molecule has 1 fully saturated rings. The van der Waals surface area contributed by atoms with E-state index in [-0.39, 0.29) is 0 Å². The van der Waals surface area contributed by atoms with Crippen LogP contribution in [0, 0.1) is 0 Å². The molecule has 1 saturated heterocycles. The van der Waals surface area contributed by atoms with E-state index in [1.165, 1.54) is 33.0 Å². The van der Waals surface area contributed by atoms with Gasteiger partial charge in [-0.25, -0.2) is 4.79 Å². The first-order chi connectivity index (χ1) is 11.2. The zero-order valence-corrected chi connectivity index (χ0v) is 13.2. The fourth-order valence-electron chi connectivity index (χ4n) is 2.92. The van der Waals surface area contributed by atoms with E-state index in [4.69, 9.17) is 9.47 Å². The molecule has 0 radical (unpaired) electrons. The Morgan fingerprint density at radius 3 is 2.65 bits per heavy atom. The summed E-state index contributed by atoms with van der Waals surface area (Å²) in [5, 5.41) is 0.367. The Morgan fingerprint density at radius 1 is 1.13 bits per heavy atom. The third-order valence-corrected chi connectivity index (χ3v) is 4.10. The number of nitrogens with one attached hydrogen (secondary N) is 2. The summed E-state index contributed by atoms with van der Waals surface area (Å²) < 4.78 is 11.1. The Hall–Kier alpha value is -2.28. The molecule has 2 N–H and O–H groups in total. The van der Waals surface area contributed by atoms with Crippen molar-refractivity contribution < 1.29 is 9.47 Å². The van der Waals surface area contributed by atoms with E-state index < -0.39 is 11.2 Å². The number of hydrogen-bond acceptors (Lipinski definition) is 5. The molecule has 0 aliphatic carbocycles. The van der Waals surface area contributed by atoms with Gasteiger partial charge in [0.15, 0.2) is 11.5 Å². The molecule has 2 aromatic rings. The number of rotatable bonds is 6. The predicted octanol–water partition coefficient (Wildman–Crippen LogP) is 1.09. The largest absolute Gasteiger partial charge is 0.493 e. The number of ether oxygens (including phenoxy) is 2. The summed E-state index contributed by atoms with van der Waals surface area (Å²) in [6, 6.07) is 3.22. The van der Waals surface area contributed by atoms with Gasteiger partial charge in [0.2, 0.25) is 0 Å². The molecule has 1 aliphatic heterocycles. The summed E-state index contributed by atoms with van der Waals surface area (Å²) in [7, 11) is 1.53. The lowest BCUT2D eigenvalue weighted by Crippen LogP contribution is -2.22. The molecule has 1 aromatic heterocycles. The van der Waals surface area contributed by atoms with Crippen molar-refractivity contribution in [3.8, 4) is 11.5 Å². The van der Waals surface area contributed by atoms with Crippen molar-refractivity contribution in [3.63, 3.8) is 0 Å². The van der Waals surface area contributed by atoms with E-state index in [1.807, 2.05) is 0 Å². The highest BCUT2D eigenvalue weighted by Gasteiger charge is 2.12. The monoisotopic (exact) mass is 319 g/mol. The lowest BCUT2D eigenvalue weighted by molar-refractivity contribution is 0.254. The van der Waals surface area contributed by atoms with Crippen LogP contribution in [0.1, 0.15) is 19.3 Å². The number of aromatic nitrogens is 2. The van der Waals surface area contributed by atoms with E-state index >= 15 is 0 Å². The molecule has 7 nitrogen and oxygen atoms in total. The Bertz CT molecular complexity index is 790. The number of likely N-dealkylation sites (tertiary alicyclic amines) is 1. The van der Waals surface area contributed by atoms with Crippen LogP contribution in [0.4, 0.5) is 0 Å². The second-order valence-electron chi connectivity index (χ2n) is 5.71. The number of benzene rings is 1. The lowest BCUT2D eigenvalue weighted by atomic mass is 10.2. The number of H-pyrrole nitrogens is 2. The van der Waals surface area contributed by atoms with Gasteiger partial charge in [-0.1, -0.05) is 0 Å². The van der Waals surface area contributed by atoms with Crippen molar-refractivity contribution in [1.29, 1.82) is 0 Å². The van der Waals surface area contributed by atoms with Gasteiger partial charge in [-0.3, -0.25) is 9.78 Å². The molecule has 0 spiro atoms. The van der Waals surface area contributed by atoms with Gasteiger partial charge >= 0.3 is 5.69 Å². The molecule has 124 valence electrons. The predicted molar refractivity (Wildman–Crippen MR) is 87.5 cm³/mol. The van der Waals surface area contributed by atoms with Gasteiger partial charge in [0.1, 0.15) is 0 Å². The molecule has 3 rings (SSSR count). The summed E-state index contributed by atoms with van der Waals surface area (Å²) in [4.78, 5) is 30.4. The zero-order valence-electron chi connectivity index (χ0n) is 13.2. The number of nitrogens with zero attached hydrogens (tertiary/aromatic N) is 1. The number of fused-ring (bicyclic) bond motifs is 1. The third-order valence-electron chi connectivity index (χ3n) is 4.10. The first-order valence-corrected chi connectivity index (χ1v) is 7.87. The van der Waals surface area contributed by atoms with Gasteiger partial charge in [-0.05, 0) is 38.4 Å². The molecule has 0 saturated carbocycles. The Morgan fingerprint density at radius 2 is 1.91 bits per heavy atom. The van der Waals surface area contributed by atoms with E-state index in [9.17, 15) is 9.59 Å². The smallest absolute Gasteiger partial charge is 0.326 e. The molecule has 2 heterocycles. The van der Waals surface area contributed by atoms with E-state index in [2.05, 4.69) is 14.9 Å². The van der Waals surface area contributed by atoms with Gasteiger partial charge < -0.3 is 19.4 Å². The molecule has 0 atom stereocenters. The molecule has 0 bridgehead atoms. The third kappa shape index (κ3) is 3.56. The maximum absolute atomic E-state index is 11.8. The highest BCUT2D eigenvalue weighted by molar-refractivity contribution is 5.81. The van der Waals surface area contributed by atoms with Gasteiger partial charge in [-0.15, -0.1) is 0 Å². The zero-order chi connectivity index (χ0) is 16.2.